The number of carboxylic acid groups (broad SMARTS) is 1. The first-order chi connectivity index (χ1) is 10.7. The summed E-state index contributed by atoms with van der Waals surface area (Å²) in [7, 11) is 1.01. The second-order valence-electron chi connectivity index (χ2n) is 4.96. The SMILES string of the molecule is COC(=O)c1ccc(C2=CCN(C(=O)O)CC2)cc1C(F)(F)F. The predicted molar refractivity (Wildman–Crippen MR) is 75.0 cm³/mol. The molecule has 0 bridgehead atoms. The number of methoxy groups -OCH3 is 1. The van der Waals surface area contributed by atoms with Crippen molar-refractivity contribution < 1.29 is 32.6 Å². The van der Waals surface area contributed by atoms with Gasteiger partial charge in [-0.3, -0.25) is 0 Å². The Morgan fingerprint density at radius 2 is 2.00 bits per heavy atom. The molecule has 0 aliphatic carbocycles. The molecule has 1 heterocycles. The molecular formula is C15H14F3NO4. The molecule has 0 radical (unpaired) electrons. The first-order valence-electron chi connectivity index (χ1n) is 6.71. The van der Waals surface area contributed by atoms with Crippen LogP contribution in [0.3, 0.4) is 0 Å². The number of esters is 1. The summed E-state index contributed by atoms with van der Waals surface area (Å²) in [6.07, 6.45) is -3.88. The lowest BCUT2D eigenvalue weighted by Crippen LogP contribution is -2.33. The number of nitrogens with zero attached hydrogens (tertiary/aromatic N) is 1. The van der Waals surface area contributed by atoms with Gasteiger partial charge in [-0.15, -0.1) is 0 Å². The topological polar surface area (TPSA) is 66.8 Å². The van der Waals surface area contributed by atoms with Crippen LogP contribution in [0.25, 0.3) is 5.57 Å². The first-order valence-corrected chi connectivity index (χ1v) is 6.71. The van der Waals surface area contributed by atoms with Crippen molar-refractivity contribution in [2.75, 3.05) is 20.2 Å². The van der Waals surface area contributed by atoms with Crippen LogP contribution in [0.4, 0.5) is 18.0 Å². The molecule has 5 nitrogen and oxygen atoms in total. The van der Waals surface area contributed by atoms with Crippen molar-refractivity contribution in [3.63, 3.8) is 0 Å². The molecule has 2 rings (SSSR count). The summed E-state index contributed by atoms with van der Waals surface area (Å²) >= 11 is 0. The van der Waals surface area contributed by atoms with Gasteiger partial charge in [-0.2, -0.15) is 13.2 Å². The zero-order valence-corrected chi connectivity index (χ0v) is 12.2. The Hall–Kier alpha value is -2.51. The van der Waals surface area contributed by atoms with E-state index in [-0.39, 0.29) is 13.1 Å². The van der Waals surface area contributed by atoms with Crippen molar-refractivity contribution in [2.24, 2.45) is 0 Å². The lowest BCUT2D eigenvalue weighted by Gasteiger charge is -2.24. The minimum atomic E-state index is -4.69. The van der Waals surface area contributed by atoms with Gasteiger partial charge in [0.25, 0.3) is 0 Å². The molecule has 124 valence electrons. The fourth-order valence-corrected chi connectivity index (χ4v) is 2.37. The summed E-state index contributed by atoms with van der Waals surface area (Å²) in [4.78, 5) is 23.5. The van der Waals surface area contributed by atoms with Crippen LogP contribution in [0.5, 0.6) is 0 Å². The van der Waals surface area contributed by atoms with Crippen LogP contribution in [0.2, 0.25) is 0 Å². The normalized spacial score (nSPS) is 15.1. The summed E-state index contributed by atoms with van der Waals surface area (Å²) in [5, 5.41) is 8.87. The first kappa shape index (κ1) is 16.9. The smallest absolute Gasteiger partial charge is 0.417 e. The minimum absolute atomic E-state index is 0.116. The van der Waals surface area contributed by atoms with Crippen molar-refractivity contribution in [1.82, 2.24) is 4.90 Å². The van der Waals surface area contributed by atoms with E-state index in [1.165, 1.54) is 6.07 Å². The number of ether oxygens (including phenoxy) is 1. The number of amides is 1. The number of hydrogen-bond donors (Lipinski definition) is 1. The molecule has 0 fully saturated rings. The zero-order chi connectivity index (χ0) is 17.2. The van der Waals surface area contributed by atoms with Crippen LogP contribution < -0.4 is 0 Å². The summed E-state index contributed by atoms with van der Waals surface area (Å²) in [5.74, 6) is -1.06. The van der Waals surface area contributed by atoms with Gasteiger partial charge >= 0.3 is 18.2 Å². The number of rotatable bonds is 2. The standard InChI is InChI=1S/C15H14F3NO4/c1-23-13(20)11-3-2-10(8-12(11)15(16,17)18)9-4-6-19(7-5-9)14(21)22/h2-4,8H,5-7H2,1H3,(H,21,22). The second kappa shape index (κ2) is 6.31. The maximum Gasteiger partial charge on any atom is 0.417 e. The summed E-state index contributed by atoms with van der Waals surface area (Å²) in [5.41, 5.74) is -0.685. The molecule has 0 unspecified atom stereocenters. The number of hydrogen-bond acceptors (Lipinski definition) is 3. The molecule has 1 aliphatic heterocycles. The third kappa shape index (κ3) is 3.64. The third-order valence-corrected chi connectivity index (χ3v) is 3.58. The highest BCUT2D eigenvalue weighted by Gasteiger charge is 2.36. The van der Waals surface area contributed by atoms with Gasteiger partial charge in [-0.1, -0.05) is 12.1 Å². The molecule has 0 aromatic heterocycles. The van der Waals surface area contributed by atoms with Crippen molar-refractivity contribution in [3.05, 3.63) is 41.0 Å². The van der Waals surface area contributed by atoms with E-state index in [2.05, 4.69) is 4.74 Å². The molecule has 8 heteroatoms. The molecule has 0 saturated heterocycles. The van der Waals surface area contributed by atoms with Crippen LogP contribution in [-0.4, -0.2) is 42.3 Å². The molecular weight excluding hydrogens is 315 g/mol. The van der Waals surface area contributed by atoms with Crippen LogP contribution in [0.1, 0.15) is 27.9 Å². The fraction of sp³-hybridized carbons (Fsp3) is 0.333. The van der Waals surface area contributed by atoms with Crippen molar-refractivity contribution in [1.29, 1.82) is 0 Å². The lowest BCUT2D eigenvalue weighted by atomic mass is 9.95. The predicted octanol–water partition coefficient (Wildman–Crippen LogP) is 3.26. The Labute approximate surface area is 130 Å². The van der Waals surface area contributed by atoms with Gasteiger partial charge in [0.2, 0.25) is 0 Å². The molecule has 1 amide bonds. The van der Waals surface area contributed by atoms with Crippen molar-refractivity contribution in [3.8, 4) is 0 Å². The fourth-order valence-electron chi connectivity index (χ4n) is 2.37. The van der Waals surface area contributed by atoms with Gasteiger partial charge in [0.15, 0.2) is 0 Å². The van der Waals surface area contributed by atoms with E-state index in [0.29, 0.717) is 17.6 Å². The molecule has 1 aromatic rings. The van der Waals surface area contributed by atoms with E-state index < -0.39 is 29.4 Å². The van der Waals surface area contributed by atoms with E-state index >= 15 is 0 Å². The lowest BCUT2D eigenvalue weighted by molar-refractivity contribution is -0.138. The average molecular weight is 329 g/mol. The van der Waals surface area contributed by atoms with Crippen LogP contribution >= 0.6 is 0 Å². The van der Waals surface area contributed by atoms with E-state index in [9.17, 15) is 22.8 Å². The Bertz CT molecular complexity index is 667. The zero-order valence-electron chi connectivity index (χ0n) is 12.2. The Morgan fingerprint density at radius 3 is 2.48 bits per heavy atom. The third-order valence-electron chi connectivity index (χ3n) is 3.58. The molecule has 1 N–H and O–H groups in total. The van der Waals surface area contributed by atoms with Gasteiger partial charge in [-0.05, 0) is 29.7 Å². The van der Waals surface area contributed by atoms with Crippen LogP contribution in [0, 0.1) is 0 Å². The van der Waals surface area contributed by atoms with Gasteiger partial charge in [0.05, 0.1) is 18.2 Å². The number of halogens is 3. The van der Waals surface area contributed by atoms with E-state index in [0.717, 1.165) is 24.1 Å². The number of carbonyl (C=O) groups is 2. The molecule has 0 atom stereocenters. The van der Waals surface area contributed by atoms with Gasteiger partial charge in [-0.25, -0.2) is 9.59 Å². The monoisotopic (exact) mass is 329 g/mol. The molecule has 23 heavy (non-hydrogen) atoms. The van der Waals surface area contributed by atoms with Crippen LogP contribution in [-0.2, 0) is 10.9 Å². The minimum Gasteiger partial charge on any atom is -0.465 e. The van der Waals surface area contributed by atoms with Crippen molar-refractivity contribution >= 4 is 17.6 Å². The highest BCUT2D eigenvalue weighted by Crippen LogP contribution is 2.35. The van der Waals surface area contributed by atoms with Gasteiger partial charge in [0.1, 0.15) is 0 Å². The number of benzene rings is 1. The van der Waals surface area contributed by atoms with E-state index in [1.54, 1.807) is 6.08 Å². The second-order valence-corrected chi connectivity index (χ2v) is 4.96. The Kier molecular flexibility index (Phi) is 4.63. The number of alkyl halides is 3. The Balaban J connectivity index is 2.39. The highest BCUT2D eigenvalue weighted by molar-refractivity contribution is 5.92. The maximum atomic E-state index is 13.1. The maximum absolute atomic E-state index is 13.1. The Morgan fingerprint density at radius 1 is 1.30 bits per heavy atom. The van der Waals surface area contributed by atoms with Crippen LogP contribution in [0.15, 0.2) is 24.3 Å². The average Bonchev–Trinajstić information content (AvgIpc) is 2.52. The summed E-state index contributed by atoms with van der Waals surface area (Å²) in [6, 6.07) is 3.38. The summed E-state index contributed by atoms with van der Waals surface area (Å²) < 4.78 is 43.8. The molecule has 0 spiro atoms. The van der Waals surface area contributed by atoms with Crippen molar-refractivity contribution in [2.45, 2.75) is 12.6 Å². The van der Waals surface area contributed by atoms with Gasteiger partial charge in [0, 0.05) is 13.1 Å². The molecule has 1 aliphatic rings. The quantitative estimate of drug-likeness (QED) is 0.846. The largest absolute Gasteiger partial charge is 0.465 e. The summed E-state index contributed by atoms with van der Waals surface area (Å²) in [6.45, 7) is 0.325. The van der Waals surface area contributed by atoms with E-state index in [1.807, 2.05) is 0 Å². The number of carbonyl (C=O) groups excluding carboxylic acids is 1. The van der Waals surface area contributed by atoms with E-state index in [4.69, 9.17) is 5.11 Å². The highest BCUT2D eigenvalue weighted by atomic mass is 19.4. The van der Waals surface area contributed by atoms with Gasteiger partial charge < -0.3 is 14.7 Å². The molecule has 1 aromatic carbocycles. The molecule has 0 saturated carbocycles.